The molecule has 350 valence electrons. The molecule has 0 amide bonds. The van der Waals surface area contributed by atoms with Gasteiger partial charge in [-0.15, -0.1) is 0 Å². The van der Waals surface area contributed by atoms with Gasteiger partial charge in [-0.3, -0.25) is 4.57 Å². The van der Waals surface area contributed by atoms with E-state index in [1.54, 1.807) is 0 Å². The van der Waals surface area contributed by atoms with Crippen LogP contribution >= 0.6 is 0 Å². The molecule has 0 saturated carbocycles. The van der Waals surface area contributed by atoms with Crippen molar-refractivity contribution in [1.82, 2.24) is 19.5 Å². The van der Waals surface area contributed by atoms with E-state index in [0.717, 1.165) is 133 Å². The van der Waals surface area contributed by atoms with Gasteiger partial charge in [0, 0.05) is 60.1 Å². The molecule has 0 saturated heterocycles. The van der Waals surface area contributed by atoms with Crippen LogP contribution in [0.4, 0.5) is 0 Å². The fourth-order valence-corrected chi connectivity index (χ4v) is 11.2. The molecular weight excluding hydrogens is 905 g/mol. The number of rotatable bonds is 6. The first-order valence-corrected chi connectivity index (χ1v) is 25.4. The maximum absolute atomic E-state index is 6.70. The largest absolute Gasteiger partial charge is 0.456 e. The second-order valence-corrected chi connectivity index (χ2v) is 18.6. The average Bonchev–Trinajstić information content (AvgIpc) is 4.16. The molecule has 0 unspecified atom stereocenters. The number of para-hydroxylation sites is 3. The molecule has 4 heterocycles. The van der Waals surface area contributed by atoms with Crippen LogP contribution in [0.5, 0.6) is 0 Å². The summed E-state index contributed by atoms with van der Waals surface area (Å²) >= 11 is 0. The Kier molecular flexibility index (Phi) is 10.3. The summed E-state index contributed by atoms with van der Waals surface area (Å²) in [5, 5.41) is 10.1. The number of allylic oxidation sites excluding steroid dienone is 2. The van der Waals surface area contributed by atoms with Gasteiger partial charge in [0.05, 0.1) is 11.0 Å². The van der Waals surface area contributed by atoms with Gasteiger partial charge < -0.3 is 8.83 Å². The van der Waals surface area contributed by atoms with Gasteiger partial charge >= 0.3 is 0 Å². The molecule has 6 heteroatoms. The maximum Gasteiger partial charge on any atom is 0.238 e. The SMILES string of the molecule is C1=Cc2oc3cc(-c4nc(-c5ccccc5)nc(-n5c6c(-c7cc(-c8ccccc8)cc(-c8cccc9c8oc8ccccc89)c7)cccc6c6c7ccccc7c7ccccc7c65)n4)ccc3c2C=CC1.CC. The summed E-state index contributed by atoms with van der Waals surface area (Å²) in [5.41, 5.74) is 13.7. The summed E-state index contributed by atoms with van der Waals surface area (Å²) in [7, 11) is 0. The monoisotopic (exact) mass is 950 g/mol. The highest BCUT2D eigenvalue weighted by molar-refractivity contribution is 6.33. The van der Waals surface area contributed by atoms with E-state index in [-0.39, 0.29) is 0 Å². The van der Waals surface area contributed by atoms with Crippen LogP contribution in [-0.4, -0.2) is 19.5 Å². The smallest absolute Gasteiger partial charge is 0.238 e. The van der Waals surface area contributed by atoms with E-state index in [9.17, 15) is 0 Å². The second kappa shape index (κ2) is 17.6. The van der Waals surface area contributed by atoms with Gasteiger partial charge in [-0.25, -0.2) is 4.98 Å². The molecule has 15 rings (SSSR count). The van der Waals surface area contributed by atoms with Crippen molar-refractivity contribution in [2.45, 2.75) is 20.3 Å². The molecule has 6 nitrogen and oxygen atoms in total. The van der Waals surface area contributed by atoms with E-state index in [4.69, 9.17) is 23.8 Å². The van der Waals surface area contributed by atoms with Crippen molar-refractivity contribution in [3.8, 4) is 62.1 Å². The first-order valence-electron chi connectivity index (χ1n) is 25.4. The molecule has 0 fully saturated rings. The predicted molar refractivity (Wildman–Crippen MR) is 307 cm³/mol. The number of furan rings is 2. The summed E-state index contributed by atoms with van der Waals surface area (Å²) in [6, 6.07) is 73.0. The normalized spacial score (nSPS) is 12.3. The van der Waals surface area contributed by atoms with Gasteiger partial charge in [0.1, 0.15) is 22.5 Å². The van der Waals surface area contributed by atoms with Crippen LogP contribution in [0, 0.1) is 0 Å². The van der Waals surface area contributed by atoms with E-state index >= 15 is 0 Å². The molecule has 0 N–H and O–H groups in total. The number of benzene rings is 10. The molecule has 14 aromatic rings. The third kappa shape index (κ3) is 6.91. The van der Waals surface area contributed by atoms with Gasteiger partial charge in [0.2, 0.25) is 5.95 Å². The summed E-state index contributed by atoms with van der Waals surface area (Å²) in [4.78, 5) is 16.3. The minimum Gasteiger partial charge on any atom is -0.456 e. The van der Waals surface area contributed by atoms with Crippen LogP contribution in [-0.2, 0) is 0 Å². The molecular formula is C68H46N4O2. The Balaban J connectivity index is 0.00000249. The van der Waals surface area contributed by atoms with E-state index in [0.29, 0.717) is 17.6 Å². The summed E-state index contributed by atoms with van der Waals surface area (Å²) in [6.45, 7) is 4.00. The lowest BCUT2D eigenvalue weighted by Crippen LogP contribution is -2.07. The van der Waals surface area contributed by atoms with Crippen molar-refractivity contribution in [1.29, 1.82) is 0 Å². The lowest BCUT2D eigenvalue weighted by molar-refractivity contribution is 0.603. The summed E-state index contributed by atoms with van der Waals surface area (Å²) in [6.07, 6.45) is 9.38. The summed E-state index contributed by atoms with van der Waals surface area (Å²) in [5.74, 6) is 2.48. The predicted octanol–water partition coefficient (Wildman–Crippen LogP) is 18.7. The van der Waals surface area contributed by atoms with Crippen LogP contribution in [0.1, 0.15) is 31.6 Å². The van der Waals surface area contributed by atoms with Gasteiger partial charge in [-0.2, -0.15) is 9.97 Å². The fourth-order valence-electron chi connectivity index (χ4n) is 11.2. The zero-order valence-electron chi connectivity index (χ0n) is 40.8. The van der Waals surface area contributed by atoms with Gasteiger partial charge in [0.15, 0.2) is 11.6 Å². The van der Waals surface area contributed by atoms with Gasteiger partial charge in [0.25, 0.3) is 0 Å². The van der Waals surface area contributed by atoms with Crippen molar-refractivity contribution in [2.24, 2.45) is 0 Å². The molecule has 0 spiro atoms. The summed E-state index contributed by atoms with van der Waals surface area (Å²) < 4.78 is 15.5. The molecule has 1 aliphatic carbocycles. The highest BCUT2D eigenvalue weighted by atomic mass is 16.3. The molecule has 10 aromatic carbocycles. The highest BCUT2D eigenvalue weighted by Gasteiger charge is 2.25. The van der Waals surface area contributed by atoms with E-state index < -0.39 is 0 Å². The number of hydrogen-bond donors (Lipinski definition) is 0. The molecule has 0 aliphatic heterocycles. The third-order valence-corrected chi connectivity index (χ3v) is 14.4. The Hall–Kier alpha value is -9.65. The Bertz CT molecular complexity index is 4590. The van der Waals surface area contributed by atoms with Crippen LogP contribution in [0.25, 0.3) is 151 Å². The highest BCUT2D eigenvalue weighted by Crippen LogP contribution is 2.47. The average molecular weight is 951 g/mol. The second-order valence-electron chi connectivity index (χ2n) is 18.6. The number of fused-ring (bicyclic) bond motifs is 14. The van der Waals surface area contributed by atoms with Crippen LogP contribution in [0.15, 0.2) is 227 Å². The van der Waals surface area contributed by atoms with Crippen molar-refractivity contribution in [2.75, 3.05) is 0 Å². The van der Waals surface area contributed by atoms with Crippen molar-refractivity contribution < 1.29 is 8.83 Å². The van der Waals surface area contributed by atoms with Crippen LogP contribution < -0.4 is 0 Å². The third-order valence-electron chi connectivity index (χ3n) is 14.4. The molecule has 0 bridgehead atoms. The Labute approximate surface area is 426 Å². The Morgan fingerprint density at radius 2 is 0.973 bits per heavy atom. The molecule has 74 heavy (non-hydrogen) atoms. The zero-order chi connectivity index (χ0) is 49.3. The zero-order valence-corrected chi connectivity index (χ0v) is 40.8. The molecule has 4 aromatic heterocycles. The maximum atomic E-state index is 6.70. The van der Waals surface area contributed by atoms with Crippen LogP contribution in [0.3, 0.4) is 0 Å². The first-order chi connectivity index (χ1) is 36.7. The van der Waals surface area contributed by atoms with Crippen LogP contribution in [0.2, 0.25) is 0 Å². The van der Waals surface area contributed by atoms with Crippen molar-refractivity contribution in [3.05, 3.63) is 230 Å². The van der Waals surface area contributed by atoms with Crippen molar-refractivity contribution >= 4 is 88.4 Å². The molecule has 0 radical (unpaired) electrons. The van der Waals surface area contributed by atoms with Gasteiger partial charge in [-0.1, -0.05) is 202 Å². The Morgan fingerprint density at radius 3 is 1.76 bits per heavy atom. The van der Waals surface area contributed by atoms with E-state index in [2.05, 4.69) is 205 Å². The lowest BCUT2D eigenvalue weighted by atomic mass is 9.91. The van der Waals surface area contributed by atoms with E-state index in [1.165, 1.54) is 5.39 Å². The number of hydrogen-bond acceptors (Lipinski definition) is 5. The first kappa shape index (κ1) is 43.2. The molecule has 0 atom stereocenters. The standard InChI is InChI=1S/C66H40N4O2.C2H6/c1-4-18-40(19-5-1)43-36-44(38-45(37-43)47-29-17-30-55-51-25-14-15-33-58(51)72-63(47)55)46-28-16-31-56-60-53-26-12-10-22-48(53)49-23-11-13-27-54(49)62(60)70(61(46)56)66-68-64(41-20-6-2-7-21-41)67-65(69-66)42-34-35-52-50-24-8-3-9-32-57(50)71-59(52)39-42;1-2/h1-2,4-39H,3H2;1-2H3. The number of aromatic nitrogens is 4. The lowest BCUT2D eigenvalue weighted by Gasteiger charge is -2.15. The Morgan fingerprint density at radius 1 is 0.378 bits per heavy atom. The quantitative estimate of drug-likeness (QED) is 0.155. The van der Waals surface area contributed by atoms with Gasteiger partial charge in [-0.05, 0) is 87.3 Å². The minimum atomic E-state index is 0.513. The van der Waals surface area contributed by atoms with E-state index in [1.807, 2.05) is 44.2 Å². The number of nitrogens with zero attached hydrogens (tertiary/aromatic N) is 4. The minimum absolute atomic E-state index is 0.513. The van der Waals surface area contributed by atoms with Crippen molar-refractivity contribution in [3.63, 3.8) is 0 Å². The molecule has 1 aliphatic rings. The fraction of sp³-hybridized carbons (Fsp3) is 0.0441. The topological polar surface area (TPSA) is 69.9 Å².